The van der Waals surface area contributed by atoms with Crippen molar-refractivity contribution in [2.24, 2.45) is 0 Å². The van der Waals surface area contributed by atoms with Gasteiger partial charge in [0, 0.05) is 27.4 Å². The number of ether oxygens (including phenoxy) is 1. The Hall–Kier alpha value is -3.46. The lowest BCUT2D eigenvalue weighted by Gasteiger charge is -2.32. The molecule has 0 radical (unpaired) electrons. The molecule has 2 aromatic heterocycles. The highest BCUT2D eigenvalue weighted by molar-refractivity contribution is 14.1. The molecule has 4 rings (SSSR count). The van der Waals surface area contributed by atoms with E-state index in [2.05, 4.69) is 54.7 Å². The molecule has 13 heteroatoms. The fourth-order valence-electron chi connectivity index (χ4n) is 4.00. The predicted octanol–water partition coefficient (Wildman–Crippen LogP) is 5.68. The first-order valence-corrected chi connectivity index (χ1v) is 12.5. The number of halogens is 4. The summed E-state index contributed by atoms with van der Waals surface area (Å²) < 4.78 is 46.0. The molecule has 200 valence electrons. The van der Waals surface area contributed by atoms with Gasteiger partial charge in [0.15, 0.2) is 11.6 Å². The standard InChI is InChI=1S/C25H25F3IN7O2/c1-5-24(2)20-16(21(34-33-20)31-18-11-12-30-22(32-18)25(26,27)28)13-36(24)23(37)38-19(17(29)14-35(3)4)15-9-7-6-8-10-15/h5-12H,1,13-14H2,2-4H3,(H2,30,31,32,33,34)/b19-17-. The topological polar surface area (TPSA) is 99.3 Å². The van der Waals surface area contributed by atoms with Gasteiger partial charge >= 0.3 is 12.3 Å². The number of amides is 1. The predicted molar refractivity (Wildman–Crippen MR) is 144 cm³/mol. The lowest BCUT2D eigenvalue weighted by molar-refractivity contribution is -0.144. The number of hydrogen-bond acceptors (Lipinski definition) is 7. The maximum absolute atomic E-state index is 13.6. The summed E-state index contributed by atoms with van der Waals surface area (Å²) in [5.74, 6) is -0.695. The van der Waals surface area contributed by atoms with E-state index in [-0.39, 0.29) is 18.2 Å². The van der Waals surface area contributed by atoms with E-state index in [1.807, 2.05) is 49.3 Å². The van der Waals surface area contributed by atoms with Crippen LogP contribution in [0.5, 0.6) is 0 Å². The van der Waals surface area contributed by atoms with Crippen molar-refractivity contribution in [1.82, 2.24) is 30.0 Å². The summed E-state index contributed by atoms with van der Waals surface area (Å²) in [6, 6.07) is 10.6. The van der Waals surface area contributed by atoms with Gasteiger partial charge in [0.2, 0.25) is 5.82 Å². The first-order valence-electron chi connectivity index (χ1n) is 11.4. The number of nitrogens with zero attached hydrogens (tertiary/aromatic N) is 5. The minimum absolute atomic E-state index is 0.0685. The third kappa shape index (κ3) is 5.53. The molecular weight excluding hydrogens is 614 g/mol. The number of carbonyl (C=O) groups is 1. The average Bonchev–Trinajstić information content (AvgIpc) is 3.40. The number of aromatic nitrogens is 4. The highest BCUT2D eigenvalue weighted by Crippen LogP contribution is 2.43. The maximum atomic E-state index is 13.6. The zero-order valence-electron chi connectivity index (χ0n) is 20.8. The summed E-state index contributed by atoms with van der Waals surface area (Å²) in [5, 5.41) is 9.91. The molecule has 0 saturated carbocycles. The smallest absolute Gasteiger partial charge is 0.409 e. The summed E-state index contributed by atoms with van der Waals surface area (Å²) >= 11 is 2.17. The molecule has 38 heavy (non-hydrogen) atoms. The Bertz CT molecular complexity index is 1370. The second-order valence-corrected chi connectivity index (χ2v) is 10.3. The van der Waals surface area contributed by atoms with Crippen molar-refractivity contribution < 1.29 is 22.7 Å². The first-order chi connectivity index (χ1) is 17.9. The van der Waals surface area contributed by atoms with E-state index < -0.39 is 23.6 Å². The maximum Gasteiger partial charge on any atom is 0.451 e. The molecule has 0 saturated heterocycles. The summed E-state index contributed by atoms with van der Waals surface area (Å²) in [5.41, 5.74) is 0.866. The Morgan fingerprint density at radius 1 is 1.32 bits per heavy atom. The Morgan fingerprint density at radius 3 is 2.66 bits per heavy atom. The monoisotopic (exact) mass is 639 g/mol. The number of nitrogens with one attached hydrogen (secondary N) is 2. The molecule has 3 aromatic rings. The van der Waals surface area contributed by atoms with Crippen LogP contribution in [0.1, 0.15) is 29.6 Å². The number of fused-ring (bicyclic) bond motifs is 1. The molecule has 0 bridgehead atoms. The van der Waals surface area contributed by atoms with Crippen molar-refractivity contribution in [2.45, 2.75) is 25.2 Å². The van der Waals surface area contributed by atoms with Crippen molar-refractivity contribution in [3.8, 4) is 0 Å². The van der Waals surface area contributed by atoms with Crippen LogP contribution >= 0.6 is 22.6 Å². The van der Waals surface area contributed by atoms with Gasteiger partial charge in [0.05, 0.1) is 12.2 Å². The number of hydrogen-bond donors (Lipinski definition) is 2. The van der Waals surface area contributed by atoms with Crippen molar-refractivity contribution in [2.75, 3.05) is 26.0 Å². The molecule has 2 N–H and O–H groups in total. The number of rotatable bonds is 7. The normalized spacial score (nSPS) is 17.7. The van der Waals surface area contributed by atoms with Crippen molar-refractivity contribution in [1.29, 1.82) is 0 Å². The van der Waals surface area contributed by atoms with E-state index in [1.54, 1.807) is 13.0 Å². The van der Waals surface area contributed by atoms with Crippen LogP contribution in [0.3, 0.4) is 0 Å². The summed E-state index contributed by atoms with van der Waals surface area (Å²) in [7, 11) is 3.84. The zero-order chi connectivity index (χ0) is 27.7. The second-order valence-electron chi connectivity index (χ2n) is 8.96. The third-order valence-corrected chi connectivity index (χ3v) is 6.78. The fraction of sp³-hybridized carbons (Fsp3) is 0.280. The van der Waals surface area contributed by atoms with E-state index in [0.29, 0.717) is 23.6 Å². The second kappa shape index (κ2) is 10.7. The van der Waals surface area contributed by atoms with Gasteiger partial charge in [0.1, 0.15) is 11.4 Å². The molecule has 1 atom stereocenters. The van der Waals surface area contributed by atoms with Crippen LogP contribution in [0.2, 0.25) is 0 Å². The van der Waals surface area contributed by atoms with Crippen molar-refractivity contribution in [3.63, 3.8) is 0 Å². The first kappa shape index (κ1) is 27.6. The molecular formula is C25H25F3IN7O2. The SMILES string of the molecule is C=CC1(C)c2[nH]nc(Nc3ccnc(C(F)(F)F)n3)c2CN1C(=O)O/C(=C(\I)CN(C)C)c1ccccc1. The van der Waals surface area contributed by atoms with Crippen LogP contribution in [0.4, 0.5) is 29.6 Å². The molecule has 1 aliphatic heterocycles. The minimum Gasteiger partial charge on any atom is -0.409 e. The molecule has 0 spiro atoms. The molecule has 1 amide bonds. The van der Waals surface area contributed by atoms with Crippen LogP contribution in [0.15, 0.2) is 58.8 Å². The summed E-state index contributed by atoms with van der Waals surface area (Å²) in [6.07, 6.45) is -2.71. The van der Waals surface area contributed by atoms with Crippen LogP contribution in [0.25, 0.3) is 5.76 Å². The summed E-state index contributed by atoms with van der Waals surface area (Å²) in [4.78, 5) is 23.8. The van der Waals surface area contributed by atoms with Gasteiger partial charge in [-0.25, -0.2) is 14.8 Å². The Labute approximate surface area is 230 Å². The van der Waals surface area contributed by atoms with Crippen LogP contribution in [-0.2, 0) is 23.0 Å². The minimum atomic E-state index is -4.69. The zero-order valence-corrected chi connectivity index (χ0v) is 23.0. The molecule has 1 unspecified atom stereocenters. The van der Waals surface area contributed by atoms with E-state index in [4.69, 9.17) is 4.74 Å². The van der Waals surface area contributed by atoms with Gasteiger partial charge in [-0.1, -0.05) is 36.4 Å². The Kier molecular flexibility index (Phi) is 7.78. The molecule has 0 aliphatic carbocycles. The number of H-pyrrole nitrogens is 1. The van der Waals surface area contributed by atoms with Gasteiger partial charge in [-0.3, -0.25) is 10.00 Å². The van der Waals surface area contributed by atoms with Gasteiger partial charge in [-0.15, -0.1) is 6.58 Å². The number of anilines is 2. The van der Waals surface area contributed by atoms with Crippen molar-refractivity contribution >= 4 is 46.1 Å². The Balaban J connectivity index is 1.63. The molecule has 0 fully saturated rings. The van der Waals surface area contributed by atoms with Crippen LogP contribution < -0.4 is 5.32 Å². The number of benzene rings is 1. The lowest BCUT2D eigenvalue weighted by atomic mass is 9.98. The average molecular weight is 639 g/mol. The van der Waals surface area contributed by atoms with Crippen LogP contribution in [-0.4, -0.2) is 56.7 Å². The number of aromatic amines is 1. The number of likely N-dealkylation sites (N-methyl/N-ethyl adjacent to an activating group) is 1. The molecule has 1 aromatic carbocycles. The highest BCUT2D eigenvalue weighted by Gasteiger charge is 2.46. The van der Waals surface area contributed by atoms with Crippen LogP contribution in [0, 0.1) is 0 Å². The summed E-state index contributed by atoms with van der Waals surface area (Å²) in [6.45, 7) is 6.31. The van der Waals surface area contributed by atoms with Gasteiger partial charge in [0.25, 0.3) is 0 Å². The molecule has 3 heterocycles. The van der Waals surface area contributed by atoms with E-state index in [1.165, 1.54) is 11.0 Å². The van der Waals surface area contributed by atoms with Gasteiger partial charge < -0.3 is 15.0 Å². The fourth-order valence-corrected chi connectivity index (χ4v) is 5.11. The Morgan fingerprint density at radius 2 is 2.03 bits per heavy atom. The van der Waals surface area contributed by atoms with E-state index in [0.717, 1.165) is 15.3 Å². The quantitative estimate of drug-likeness (QED) is 0.195. The molecule has 1 aliphatic rings. The van der Waals surface area contributed by atoms with Crippen molar-refractivity contribution in [3.05, 3.63) is 81.5 Å². The van der Waals surface area contributed by atoms with E-state index in [9.17, 15) is 18.0 Å². The largest absolute Gasteiger partial charge is 0.451 e. The van der Waals surface area contributed by atoms with E-state index >= 15 is 0 Å². The number of carbonyl (C=O) groups excluding carboxylic acids is 1. The molecule has 9 nitrogen and oxygen atoms in total. The van der Waals surface area contributed by atoms with Gasteiger partial charge in [-0.2, -0.15) is 18.3 Å². The van der Waals surface area contributed by atoms with Gasteiger partial charge in [-0.05, 0) is 49.7 Å². The highest BCUT2D eigenvalue weighted by atomic mass is 127. The number of alkyl halides is 3. The third-order valence-electron chi connectivity index (χ3n) is 5.95. The lowest BCUT2D eigenvalue weighted by Crippen LogP contribution is -2.41.